The van der Waals surface area contributed by atoms with Crippen molar-refractivity contribution >= 4 is 35.1 Å². The molecule has 116 valence electrons. The Kier molecular flexibility index (Phi) is 3.78. The van der Waals surface area contributed by atoms with E-state index < -0.39 is 23.8 Å². The van der Waals surface area contributed by atoms with Gasteiger partial charge in [0.1, 0.15) is 6.04 Å². The summed E-state index contributed by atoms with van der Waals surface area (Å²) >= 11 is 6.09. The third-order valence-corrected chi connectivity index (χ3v) is 4.43. The summed E-state index contributed by atoms with van der Waals surface area (Å²) in [6, 6.07) is 6.43. The Bertz CT molecular complexity index is 648. The zero-order valence-electron chi connectivity index (χ0n) is 11.7. The second kappa shape index (κ2) is 5.61. The highest BCUT2D eigenvalue weighted by Gasteiger charge is 2.49. The molecule has 1 aliphatic heterocycles. The van der Waals surface area contributed by atoms with E-state index in [9.17, 15) is 14.4 Å². The molecule has 0 radical (unpaired) electrons. The van der Waals surface area contributed by atoms with Crippen LogP contribution in [0, 0.1) is 11.8 Å². The van der Waals surface area contributed by atoms with Crippen molar-refractivity contribution in [1.82, 2.24) is 5.32 Å². The van der Waals surface area contributed by atoms with Crippen molar-refractivity contribution < 1.29 is 19.5 Å². The van der Waals surface area contributed by atoms with Crippen molar-refractivity contribution in [2.75, 3.05) is 11.4 Å². The highest BCUT2D eigenvalue weighted by molar-refractivity contribution is 6.34. The molecule has 1 aromatic rings. The number of amides is 2. The van der Waals surface area contributed by atoms with Gasteiger partial charge in [0.05, 0.1) is 22.5 Å². The second-order valence-corrected chi connectivity index (χ2v) is 5.99. The van der Waals surface area contributed by atoms with Crippen LogP contribution in [0.1, 0.15) is 12.8 Å². The minimum atomic E-state index is -0.962. The number of benzene rings is 1. The number of carbonyl (C=O) groups excluding carboxylic acids is 2. The summed E-state index contributed by atoms with van der Waals surface area (Å²) in [5.74, 6) is -2.66. The number of halogens is 1. The minimum absolute atomic E-state index is 0.214. The summed E-state index contributed by atoms with van der Waals surface area (Å²) in [4.78, 5) is 36.7. The highest BCUT2D eigenvalue weighted by Crippen LogP contribution is 2.39. The van der Waals surface area contributed by atoms with Gasteiger partial charge in [0, 0.05) is 6.54 Å². The third kappa shape index (κ3) is 2.66. The predicted molar refractivity (Wildman–Crippen MR) is 79.6 cm³/mol. The molecule has 2 aliphatic rings. The fourth-order valence-electron chi connectivity index (χ4n) is 2.76. The van der Waals surface area contributed by atoms with Gasteiger partial charge in [0.15, 0.2) is 0 Å². The van der Waals surface area contributed by atoms with Crippen molar-refractivity contribution in [3.05, 3.63) is 29.3 Å². The molecule has 1 saturated heterocycles. The fourth-order valence-corrected chi connectivity index (χ4v) is 3.00. The van der Waals surface area contributed by atoms with E-state index in [1.165, 1.54) is 0 Å². The van der Waals surface area contributed by atoms with Crippen LogP contribution in [0.25, 0.3) is 0 Å². The lowest BCUT2D eigenvalue weighted by molar-refractivity contribution is -0.140. The Morgan fingerprint density at radius 1 is 1.27 bits per heavy atom. The quantitative estimate of drug-likeness (QED) is 0.874. The number of nitrogens with one attached hydrogen (secondary N) is 1. The normalized spacial score (nSPS) is 26.9. The highest BCUT2D eigenvalue weighted by atomic mass is 35.5. The number of nitrogens with zero attached hydrogens (tertiary/aromatic N) is 1. The first-order valence-corrected chi connectivity index (χ1v) is 7.46. The zero-order valence-corrected chi connectivity index (χ0v) is 12.4. The topological polar surface area (TPSA) is 86.7 Å². The maximum atomic E-state index is 12.4. The number of aliphatic carboxylic acids is 1. The number of carboxylic acid groups (broad SMARTS) is 1. The molecule has 0 spiro atoms. The predicted octanol–water partition coefficient (Wildman–Crippen LogP) is 1.28. The maximum Gasteiger partial charge on any atom is 0.307 e. The summed E-state index contributed by atoms with van der Waals surface area (Å²) in [6.07, 6.45) is 0.830. The van der Waals surface area contributed by atoms with Gasteiger partial charge in [0.2, 0.25) is 11.8 Å². The van der Waals surface area contributed by atoms with Crippen LogP contribution in [0.3, 0.4) is 0 Å². The Labute approximate surface area is 132 Å². The molecule has 2 N–H and O–H groups in total. The zero-order chi connectivity index (χ0) is 15.9. The van der Waals surface area contributed by atoms with Crippen LogP contribution < -0.4 is 10.2 Å². The molecule has 7 heteroatoms. The number of anilines is 1. The monoisotopic (exact) mass is 322 g/mol. The maximum absolute atomic E-state index is 12.4. The lowest BCUT2D eigenvalue weighted by Crippen LogP contribution is -2.42. The molecule has 0 aromatic heterocycles. The van der Waals surface area contributed by atoms with E-state index in [2.05, 4.69) is 5.32 Å². The first-order valence-electron chi connectivity index (χ1n) is 7.08. The van der Waals surface area contributed by atoms with Crippen LogP contribution in [-0.4, -0.2) is 35.5 Å². The number of hydrogen-bond donors (Lipinski definition) is 2. The average molecular weight is 323 g/mol. The van der Waals surface area contributed by atoms with E-state index in [4.69, 9.17) is 16.7 Å². The summed E-state index contributed by atoms with van der Waals surface area (Å²) in [5.41, 5.74) is 0.626. The Morgan fingerprint density at radius 3 is 2.64 bits per heavy atom. The van der Waals surface area contributed by atoms with E-state index in [0.717, 1.165) is 0 Å². The Morgan fingerprint density at radius 2 is 2.00 bits per heavy atom. The van der Waals surface area contributed by atoms with Crippen LogP contribution in [0.15, 0.2) is 24.3 Å². The fraction of sp³-hybridized carbons (Fsp3) is 0.400. The van der Waals surface area contributed by atoms with Crippen LogP contribution >= 0.6 is 11.6 Å². The van der Waals surface area contributed by atoms with Gasteiger partial charge in [-0.3, -0.25) is 14.4 Å². The van der Waals surface area contributed by atoms with Gasteiger partial charge in [-0.2, -0.15) is 0 Å². The molecular formula is C15H15ClN2O4. The molecule has 2 amide bonds. The smallest absolute Gasteiger partial charge is 0.307 e. The largest absolute Gasteiger partial charge is 0.481 e. The molecular weight excluding hydrogens is 308 g/mol. The number of carbonyl (C=O) groups is 3. The first kappa shape index (κ1) is 14.8. The van der Waals surface area contributed by atoms with Gasteiger partial charge in [0.25, 0.3) is 0 Å². The molecule has 1 aliphatic carbocycles. The van der Waals surface area contributed by atoms with Gasteiger partial charge >= 0.3 is 5.97 Å². The van der Waals surface area contributed by atoms with E-state index in [-0.39, 0.29) is 11.8 Å². The molecule has 1 heterocycles. The van der Waals surface area contributed by atoms with Crippen LogP contribution in [0.4, 0.5) is 5.69 Å². The van der Waals surface area contributed by atoms with Crippen molar-refractivity contribution in [3.63, 3.8) is 0 Å². The lowest BCUT2D eigenvalue weighted by atomic mass is 10.2. The summed E-state index contributed by atoms with van der Waals surface area (Å²) in [6.45, 7) is 0.473. The number of para-hydroxylation sites is 1. The molecule has 6 nitrogen and oxygen atoms in total. The van der Waals surface area contributed by atoms with Crippen LogP contribution in [0.2, 0.25) is 5.02 Å². The Balaban J connectivity index is 1.64. The van der Waals surface area contributed by atoms with Gasteiger partial charge in [-0.1, -0.05) is 23.7 Å². The molecule has 0 bridgehead atoms. The summed E-state index contributed by atoms with van der Waals surface area (Å²) < 4.78 is 0. The second-order valence-electron chi connectivity index (χ2n) is 5.58. The standard InChI is InChI=1S/C15H15ClN2O4/c16-10-3-1-2-4-12(10)18-6-5-11(14(18)20)17-13(19)8-7-9(8)15(21)22/h1-4,8-9,11H,5-7H2,(H,17,19)(H,21,22). The third-order valence-electron chi connectivity index (χ3n) is 4.11. The first-order chi connectivity index (χ1) is 10.5. The molecule has 1 aromatic carbocycles. The SMILES string of the molecule is O=C(O)C1CC1C(=O)NC1CCN(c2ccccc2Cl)C1=O. The number of rotatable bonds is 4. The van der Waals surface area contributed by atoms with Crippen molar-refractivity contribution in [1.29, 1.82) is 0 Å². The molecule has 22 heavy (non-hydrogen) atoms. The van der Waals surface area contributed by atoms with Gasteiger partial charge in [-0.05, 0) is 25.0 Å². The van der Waals surface area contributed by atoms with Crippen molar-refractivity contribution in [2.45, 2.75) is 18.9 Å². The van der Waals surface area contributed by atoms with Crippen molar-refractivity contribution in [2.24, 2.45) is 11.8 Å². The van der Waals surface area contributed by atoms with E-state index in [1.54, 1.807) is 29.2 Å². The summed E-state index contributed by atoms with van der Waals surface area (Å²) in [5, 5.41) is 12.0. The molecule has 3 rings (SSSR count). The van der Waals surface area contributed by atoms with Gasteiger partial charge in [-0.15, -0.1) is 0 Å². The average Bonchev–Trinajstić information content (AvgIpc) is 3.22. The van der Waals surface area contributed by atoms with Gasteiger partial charge < -0.3 is 15.3 Å². The van der Waals surface area contributed by atoms with E-state index in [1.807, 2.05) is 0 Å². The lowest BCUT2D eigenvalue weighted by Gasteiger charge is -2.18. The van der Waals surface area contributed by atoms with Gasteiger partial charge in [-0.25, -0.2) is 0 Å². The summed E-state index contributed by atoms with van der Waals surface area (Å²) in [7, 11) is 0. The number of carboxylic acids is 1. The molecule has 1 saturated carbocycles. The minimum Gasteiger partial charge on any atom is -0.481 e. The molecule has 3 atom stereocenters. The van der Waals surface area contributed by atoms with Crippen LogP contribution in [0.5, 0.6) is 0 Å². The molecule has 3 unspecified atom stereocenters. The Hall–Kier alpha value is -2.08. The van der Waals surface area contributed by atoms with Crippen LogP contribution in [-0.2, 0) is 14.4 Å². The number of hydrogen-bond acceptors (Lipinski definition) is 3. The van der Waals surface area contributed by atoms with E-state index >= 15 is 0 Å². The van der Waals surface area contributed by atoms with Crippen molar-refractivity contribution in [3.8, 4) is 0 Å². The van der Waals surface area contributed by atoms with E-state index in [0.29, 0.717) is 30.1 Å². The molecule has 2 fully saturated rings.